The molecular formula is C30H31NO4. The molecule has 1 saturated heterocycles. The van der Waals surface area contributed by atoms with E-state index in [1.165, 1.54) is 0 Å². The van der Waals surface area contributed by atoms with E-state index in [2.05, 4.69) is 5.32 Å². The van der Waals surface area contributed by atoms with Gasteiger partial charge in [-0.3, -0.25) is 14.9 Å². The topological polar surface area (TPSA) is 64.6 Å². The summed E-state index contributed by atoms with van der Waals surface area (Å²) in [6.07, 6.45) is 0. The number of carbonyl (C=O) groups excluding carboxylic acids is 2. The molecule has 4 atom stereocenters. The number of rotatable bonds is 3. The number of nitrogens with one attached hydrogen (secondary N) is 1. The van der Waals surface area contributed by atoms with Crippen LogP contribution in [0.25, 0.3) is 0 Å². The number of hydrogen-bond donors (Lipinski definition) is 1. The van der Waals surface area contributed by atoms with Gasteiger partial charge in [0, 0.05) is 12.0 Å². The number of aryl methyl sites for hydroxylation is 1. The predicted molar refractivity (Wildman–Crippen MR) is 135 cm³/mol. The molecule has 2 aliphatic heterocycles. The van der Waals surface area contributed by atoms with E-state index in [1.54, 1.807) is 0 Å². The Kier molecular flexibility index (Phi) is 5.76. The second-order valence-corrected chi connectivity index (χ2v) is 10.6. The summed E-state index contributed by atoms with van der Waals surface area (Å²) in [5.74, 6) is -0.272. The zero-order valence-corrected chi connectivity index (χ0v) is 20.6. The average Bonchev–Trinajstić information content (AvgIpc) is 3.18. The Bertz CT molecular complexity index is 1250. The maximum atomic E-state index is 14.5. The molecule has 0 aromatic heterocycles. The molecule has 0 saturated carbocycles. The van der Waals surface area contributed by atoms with Crippen LogP contribution in [0.15, 0.2) is 78.9 Å². The van der Waals surface area contributed by atoms with Crippen molar-refractivity contribution in [1.82, 2.24) is 5.32 Å². The molecule has 0 aliphatic carbocycles. The van der Waals surface area contributed by atoms with Crippen LogP contribution < -0.4 is 10.1 Å². The first kappa shape index (κ1) is 23.3. The minimum Gasteiger partial charge on any atom is -0.492 e. The van der Waals surface area contributed by atoms with Crippen molar-refractivity contribution in [3.05, 3.63) is 101 Å². The molecule has 180 valence electrons. The summed E-state index contributed by atoms with van der Waals surface area (Å²) in [4.78, 5) is 28.2. The number of Topliss-reactive ketones (excluding diaryl/α,β-unsaturated/α-hetero) is 1. The van der Waals surface area contributed by atoms with Gasteiger partial charge in [0.05, 0.1) is 11.0 Å². The van der Waals surface area contributed by atoms with E-state index in [9.17, 15) is 9.59 Å². The van der Waals surface area contributed by atoms with E-state index in [-0.39, 0.29) is 18.4 Å². The fraction of sp³-hybridized carbons (Fsp3) is 0.333. The zero-order valence-electron chi connectivity index (χ0n) is 20.6. The number of esters is 1. The molecule has 5 nitrogen and oxygen atoms in total. The lowest BCUT2D eigenvalue weighted by atomic mass is 9.62. The van der Waals surface area contributed by atoms with Gasteiger partial charge in [0.1, 0.15) is 24.0 Å². The lowest BCUT2D eigenvalue weighted by molar-refractivity contribution is -0.157. The number of carbonyl (C=O) groups is 2. The first-order valence-corrected chi connectivity index (χ1v) is 12.1. The Hall–Kier alpha value is -3.44. The van der Waals surface area contributed by atoms with Crippen LogP contribution in [-0.4, -0.2) is 30.0 Å². The van der Waals surface area contributed by atoms with Gasteiger partial charge in [0.25, 0.3) is 0 Å². The summed E-state index contributed by atoms with van der Waals surface area (Å²) in [7, 11) is 0. The molecular weight excluding hydrogens is 438 g/mol. The van der Waals surface area contributed by atoms with Crippen LogP contribution >= 0.6 is 0 Å². The molecule has 2 heterocycles. The summed E-state index contributed by atoms with van der Waals surface area (Å²) in [5, 5.41) is 3.54. The van der Waals surface area contributed by atoms with Crippen molar-refractivity contribution in [3.8, 4) is 5.75 Å². The molecule has 1 N–H and O–H groups in total. The molecule has 1 fully saturated rings. The van der Waals surface area contributed by atoms with Gasteiger partial charge < -0.3 is 9.47 Å². The SMILES string of the molecule is Cc1ccc2c(c1)C(=O)[C@@]1(CO2)[C@H](c2ccccc2)[C@@H](C(=O)OC(C)(C)C)N[C@H]1c1ccccc1. The van der Waals surface area contributed by atoms with Gasteiger partial charge >= 0.3 is 5.97 Å². The highest BCUT2D eigenvalue weighted by atomic mass is 16.6. The first-order chi connectivity index (χ1) is 16.7. The van der Waals surface area contributed by atoms with Gasteiger partial charge in [0.2, 0.25) is 0 Å². The highest BCUT2D eigenvalue weighted by Gasteiger charge is 2.64. The lowest BCUT2D eigenvalue weighted by Gasteiger charge is -2.42. The molecule has 3 aromatic carbocycles. The second kappa shape index (κ2) is 8.65. The van der Waals surface area contributed by atoms with Crippen LogP contribution in [-0.2, 0) is 9.53 Å². The summed E-state index contributed by atoms with van der Waals surface area (Å²) in [5.41, 5.74) is 1.69. The Morgan fingerprint density at radius 1 is 0.971 bits per heavy atom. The molecule has 5 rings (SSSR count). The number of ether oxygens (including phenoxy) is 2. The fourth-order valence-electron chi connectivity index (χ4n) is 5.57. The molecule has 1 spiro atoms. The molecule has 3 aromatic rings. The quantitative estimate of drug-likeness (QED) is 0.521. The van der Waals surface area contributed by atoms with E-state index in [4.69, 9.17) is 9.47 Å². The predicted octanol–water partition coefficient (Wildman–Crippen LogP) is 5.40. The largest absolute Gasteiger partial charge is 0.492 e. The van der Waals surface area contributed by atoms with Crippen LogP contribution in [0.4, 0.5) is 0 Å². The number of benzene rings is 3. The van der Waals surface area contributed by atoms with E-state index in [1.807, 2.05) is 107 Å². The average molecular weight is 470 g/mol. The fourth-order valence-corrected chi connectivity index (χ4v) is 5.57. The van der Waals surface area contributed by atoms with Gasteiger partial charge in [-0.1, -0.05) is 72.3 Å². The van der Waals surface area contributed by atoms with Crippen molar-refractivity contribution in [2.24, 2.45) is 5.41 Å². The van der Waals surface area contributed by atoms with Crippen LogP contribution in [0, 0.1) is 12.3 Å². The third-order valence-electron chi connectivity index (χ3n) is 6.97. The Morgan fingerprint density at radius 2 is 1.60 bits per heavy atom. The van der Waals surface area contributed by atoms with E-state index >= 15 is 0 Å². The third kappa shape index (κ3) is 4.04. The maximum absolute atomic E-state index is 14.5. The van der Waals surface area contributed by atoms with Crippen molar-refractivity contribution in [2.75, 3.05) is 6.61 Å². The van der Waals surface area contributed by atoms with Gasteiger partial charge in [-0.15, -0.1) is 0 Å². The lowest BCUT2D eigenvalue weighted by Crippen LogP contribution is -2.48. The normalized spacial score (nSPS) is 25.7. The molecule has 0 radical (unpaired) electrons. The van der Waals surface area contributed by atoms with E-state index in [0.29, 0.717) is 11.3 Å². The monoisotopic (exact) mass is 469 g/mol. The smallest absolute Gasteiger partial charge is 0.324 e. The highest BCUT2D eigenvalue weighted by molar-refractivity contribution is 6.06. The molecule has 0 unspecified atom stereocenters. The third-order valence-corrected chi connectivity index (χ3v) is 6.97. The Morgan fingerprint density at radius 3 is 2.23 bits per heavy atom. The maximum Gasteiger partial charge on any atom is 0.324 e. The van der Waals surface area contributed by atoms with E-state index in [0.717, 1.165) is 16.7 Å². The summed E-state index contributed by atoms with van der Waals surface area (Å²) < 4.78 is 12.2. The molecule has 5 heteroatoms. The number of ketones is 1. The molecule has 2 aliphatic rings. The molecule has 0 amide bonds. The zero-order chi connectivity index (χ0) is 24.8. The number of hydrogen-bond acceptors (Lipinski definition) is 5. The summed E-state index contributed by atoms with van der Waals surface area (Å²) in [6.45, 7) is 7.70. The summed E-state index contributed by atoms with van der Waals surface area (Å²) in [6, 6.07) is 24.2. The number of fused-ring (bicyclic) bond motifs is 1. The van der Waals surface area contributed by atoms with Crippen LogP contribution in [0.5, 0.6) is 5.75 Å². The van der Waals surface area contributed by atoms with Gasteiger partial charge in [0.15, 0.2) is 5.78 Å². The second-order valence-electron chi connectivity index (χ2n) is 10.6. The molecule has 35 heavy (non-hydrogen) atoms. The van der Waals surface area contributed by atoms with E-state index < -0.39 is 29.0 Å². The first-order valence-electron chi connectivity index (χ1n) is 12.1. The van der Waals surface area contributed by atoms with Crippen molar-refractivity contribution < 1.29 is 19.1 Å². The minimum absolute atomic E-state index is 0.0104. The molecule has 0 bridgehead atoms. The van der Waals surface area contributed by atoms with Crippen LogP contribution in [0.3, 0.4) is 0 Å². The van der Waals surface area contributed by atoms with Crippen LogP contribution in [0.2, 0.25) is 0 Å². The van der Waals surface area contributed by atoms with Gasteiger partial charge in [-0.2, -0.15) is 0 Å². The van der Waals surface area contributed by atoms with Gasteiger partial charge in [-0.05, 0) is 51.0 Å². The Balaban J connectivity index is 1.73. The summed E-state index contributed by atoms with van der Waals surface area (Å²) >= 11 is 0. The van der Waals surface area contributed by atoms with Crippen molar-refractivity contribution >= 4 is 11.8 Å². The van der Waals surface area contributed by atoms with Gasteiger partial charge in [-0.25, -0.2) is 0 Å². The Labute approximate surface area is 206 Å². The van der Waals surface area contributed by atoms with Crippen LogP contribution in [0.1, 0.15) is 59.8 Å². The van der Waals surface area contributed by atoms with Crippen molar-refractivity contribution in [2.45, 2.75) is 51.3 Å². The minimum atomic E-state index is -1.04. The van der Waals surface area contributed by atoms with Crippen molar-refractivity contribution in [3.63, 3.8) is 0 Å². The standard InChI is InChI=1S/C30H31NO4/c1-19-15-16-23-22(17-19)27(32)30(18-34-23)24(20-11-7-5-8-12-20)25(28(33)35-29(2,3)4)31-26(30)21-13-9-6-10-14-21/h5-17,24-26,31H,18H2,1-4H3/t24-,25+,26+,30+/m1/s1. The van der Waals surface area contributed by atoms with Crippen molar-refractivity contribution in [1.29, 1.82) is 0 Å². The highest BCUT2D eigenvalue weighted by Crippen LogP contribution is 2.57.